The highest BCUT2D eigenvalue weighted by Gasteiger charge is 2.55. The normalized spacial score (nSPS) is 15.7. The van der Waals surface area contributed by atoms with Gasteiger partial charge in [0, 0.05) is 36.4 Å². The summed E-state index contributed by atoms with van der Waals surface area (Å²) in [5.41, 5.74) is 7.84. The summed E-state index contributed by atoms with van der Waals surface area (Å²) < 4.78 is 23.2. The summed E-state index contributed by atoms with van der Waals surface area (Å²) >= 11 is 3.76. The minimum Gasteiger partial charge on any atom is -0.448 e. The predicted molar refractivity (Wildman–Crippen MR) is 379 cm³/mol. The zero-order valence-corrected chi connectivity index (χ0v) is 56.2. The number of aliphatic imine (C=N–C) groups is 1. The number of oxime groups is 1. The molecule has 0 spiro atoms. The molecule has 0 aliphatic carbocycles. The zero-order chi connectivity index (χ0) is 69.3. The number of aromatic nitrogens is 1. The molecule has 0 radical (unpaired) electrons. The Bertz CT molecular complexity index is 4560. The van der Waals surface area contributed by atoms with Crippen molar-refractivity contribution in [1.29, 1.82) is 0 Å². The molecule has 8 aromatic carbocycles. The molecule has 100 heavy (non-hydrogen) atoms. The number of β-lactam (4-membered cyclic amide) rings is 1. The van der Waals surface area contributed by atoms with E-state index >= 15 is 14.4 Å². The summed E-state index contributed by atoms with van der Waals surface area (Å²) in [5, 5.41) is 15.1. The number of ether oxygens (including phenoxy) is 4. The molecular formula is C76H61N9O12S3. The van der Waals surface area contributed by atoms with Gasteiger partial charge < -0.3 is 34.4 Å². The lowest BCUT2D eigenvalue weighted by atomic mass is 9.77. The van der Waals surface area contributed by atoms with Crippen molar-refractivity contribution < 1.29 is 57.3 Å². The fraction of sp³-hybridized carbons (Fsp3) is 0.132. The lowest BCUT2D eigenvalue weighted by molar-refractivity contribution is -0.154. The molecule has 24 heteroatoms. The van der Waals surface area contributed by atoms with Gasteiger partial charge >= 0.3 is 30.0 Å². The van der Waals surface area contributed by atoms with Crippen LogP contribution in [0.1, 0.15) is 88.0 Å². The Kier molecular flexibility index (Phi) is 20.0. The number of hydrazine groups is 2. The number of allylic oxidation sites excluding steroid dienone is 1. The minimum absolute atomic E-state index is 0.0294. The highest BCUT2D eigenvalue weighted by atomic mass is 32.2. The Morgan fingerprint density at radius 1 is 0.660 bits per heavy atom. The first-order valence-corrected chi connectivity index (χ1v) is 34.4. The number of thioether (sulfide) groups is 2. The Morgan fingerprint density at radius 2 is 1.17 bits per heavy atom. The van der Waals surface area contributed by atoms with Crippen LogP contribution in [0, 0.1) is 0 Å². The lowest BCUT2D eigenvalue weighted by Gasteiger charge is -2.49. The number of hydrogen-bond acceptors (Lipinski definition) is 21. The summed E-state index contributed by atoms with van der Waals surface area (Å²) in [6.45, 7) is 4.10. The molecule has 9 aromatic rings. The monoisotopic (exact) mass is 1390 g/mol. The van der Waals surface area contributed by atoms with E-state index in [1.807, 2.05) is 225 Å². The Labute approximate surface area is 586 Å². The van der Waals surface area contributed by atoms with E-state index in [9.17, 15) is 19.2 Å². The van der Waals surface area contributed by atoms with Gasteiger partial charge in [-0.05, 0) is 75.7 Å². The largest absolute Gasteiger partial charge is 0.448 e. The summed E-state index contributed by atoms with van der Waals surface area (Å²) in [7, 11) is 0. The highest BCUT2D eigenvalue weighted by Crippen LogP contribution is 2.45. The average Bonchev–Trinajstić information content (AvgIpc) is 0.895. The smallest absolute Gasteiger partial charge is 0.431 e. The molecule has 3 N–H and O–H groups in total. The van der Waals surface area contributed by atoms with Crippen molar-refractivity contribution in [3.05, 3.63) is 320 Å². The Morgan fingerprint density at radius 3 is 1.70 bits per heavy atom. The highest BCUT2D eigenvalue weighted by molar-refractivity contribution is 8.03. The molecule has 0 bridgehead atoms. The fourth-order valence-electron chi connectivity index (χ4n) is 11.7. The molecular weight excluding hydrogens is 1330 g/mol. The first-order valence-electron chi connectivity index (χ1n) is 31.5. The van der Waals surface area contributed by atoms with Gasteiger partial charge in [-0.3, -0.25) is 24.1 Å². The summed E-state index contributed by atoms with van der Waals surface area (Å²) in [6.07, 6.45) is 1.00. The third-order valence-electron chi connectivity index (χ3n) is 16.3. The maximum absolute atomic E-state index is 15.4. The number of rotatable bonds is 22. The topological polar surface area (TPSA) is 249 Å². The number of fused-ring (bicyclic) bond motifs is 2. The van der Waals surface area contributed by atoms with Crippen molar-refractivity contribution in [2.24, 2.45) is 10.1 Å². The average molecular weight is 1390 g/mol. The van der Waals surface area contributed by atoms with Gasteiger partial charge in [0.25, 0.3) is 11.8 Å². The molecule has 4 aliphatic rings. The molecule has 1 fully saturated rings. The first-order chi connectivity index (χ1) is 48.7. The SMILES string of the molecule is CC(=O)Oc1ccc(C(=O)ON=C(C(=O)N[C@@H]2C(=O)N3C(C(=O)OC(c4ccccc4)c4ccccc4)=C(CSC4=CC(C)=NC5=CN(C(=O)OC(c6ccccc6)c6ccccc6)NN54)CS[C@H]23)c2csc(NC(c3ccccc3)(c3ccccc3)c3ccccc3)n2)cc1OC(C)=O. The van der Waals surface area contributed by atoms with Crippen LogP contribution in [0.5, 0.6) is 11.5 Å². The van der Waals surface area contributed by atoms with Gasteiger partial charge in [0.05, 0.1) is 16.8 Å². The van der Waals surface area contributed by atoms with Crippen LogP contribution in [0.2, 0.25) is 0 Å². The van der Waals surface area contributed by atoms with Crippen LogP contribution in [-0.4, -0.2) is 96.0 Å². The van der Waals surface area contributed by atoms with Gasteiger partial charge in [-0.1, -0.05) is 217 Å². The van der Waals surface area contributed by atoms with Crippen molar-refractivity contribution in [3.63, 3.8) is 0 Å². The van der Waals surface area contributed by atoms with E-state index in [-0.39, 0.29) is 40.0 Å². The maximum Gasteiger partial charge on any atom is 0.431 e. The molecule has 13 rings (SSSR count). The molecule has 5 heterocycles. The number of thiazole rings is 1. The molecule has 0 unspecified atom stereocenters. The van der Waals surface area contributed by atoms with E-state index in [4.69, 9.17) is 33.8 Å². The van der Waals surface area contributed by atoms with Crippen LogP contribution in [0.3, 0.4) is 0 Å². The van der Waals surface area contributed by atoms with Crippen LogP contribution >= 0.6 is 34.9 Å². The number of anilines is 1. The minimum atomic E-state index is -1.29. The van der Waals surface area contributed by atoms with Gasteiger partial charge in [-0.25, -0.2) is 29.4 Å². The number of amides is 3. The van der Waals surface area contributed by atoms with Gasteiger partial charge in [0.15, 0.2) is 40.4 Å². The number of nitrogens with one attached hydrogen (secondary N) is 3. The van der Waals surface area contributed by atoms with Crippen LogP contribution in [0.15, 0.2) is 280 Å². The molecule has 3 amide bonds. The van der Waals surface area contributed by atoms with Gasteiger partial charge in [0.1, 0.15) is 28.3 Å². The number of esters is 3. The summed E-state index contributed by atoms with van der Waals surface area (Å²) in [6, 6.07) is 68.9. The first kappa shape index (κ1) is 66.9. The van der Waals surface area contributed by atoms with Crippen LogP contribution in [0.25, 0.3) is 0 Å². The Balaban J connectivity index is 0.810. The number of hydrogen-bond donors (Lipinski definition) is 3. The van der Waals surface area contributed by atoms with Crippen LogP contribution < -0.4 is 25.6 Å². The number of benzene rings is 8. The third-order valence-corrected chi connectivity index (χ3v) is 19.5. The van der Waals surface area contributed by atoms with Crippen molar-refractivity contribution in [1.82, 2.24) is 30.8 Å². The van der Waals surface area contributed by atoms with Crippen molar-refractivity contribution >= 4 is 93.2 Å². The van der Waals surface area contributed by atoms with Crippen LogP contribution in [-0.2, 0) is 43.8 Å². The van der Waals surface area contributed by atoms with Crippen molar-refractivity contribution in [3.8, 4) is 11.5 Å². The number of nitrogens with zero attached hydrogens (tertiary/aromatic N) is 6. The van der Waals surface area contributed by atoms with Crippen molar-refractivity contribution in [2.45, 2.75) is 49.9 Å². The molecule has 1 aromatic heterocycles. The predicted octanol–water partition coefficient (Wildman–Crippen LogP) is 12.8. The number of carbonyl (C=O) groups is 7. The molecule has 2 atom stereocenters. The van der Waals surface area contributed by atoms with E-state index in [0.717, 1.165) is 59.1 Å². The molecule has 500 valence electrons. The van der Waals surface area contributed by atoms with Crippen molar-refractivity contribution in [2.75, 3.05) is 16.8 Å². The quantitative estimate of drug-likeness (QED) is 0.0108. The van der Waals surface area contributed by atoms with Gasteiger partial charge in [-0.2, -0.15) is 5.01 Å². The zero-order valence-electron chi connectivity index (χ0n) is 53.7. The maximum atomic E-state index is 15.4. The van der Waals surface area contributed by atoms with E-state index in [1.165, 1.54) is 51.8 Å². The summed E-state index contributed by atoms with van der Waals surface area (Å²) in [5.74, 6) is -4.80. The second-order valence-electron chi connectivity index (χ2n) is 23.0. The second kappa shape index (κ2) is 30.0. The molecule has 21 nitrogen and oxygen atoms in total. The van der Waals surface area contributed by atoms with E-state index in [0.29, 0.717) is 38.4 Å². The number of carbonyl (C=O) groups excluding carboxylic acids is 7. The standard InChI is InChI=1S/C76H61N9O12S3/c1-47-41-63(85-62(77-47)43-83(82-85)75(92)96-68(52-29-15-6-16-30-52)53-31-17-7-18-32-53)98-44-55-45-99-71-65(70(89)84(71)66(55)73(91)95-67(50-25-11-4-12-26-50)51-27-13-5-14-28-51)79-69(88)64(81-97-72(90)54-39-40-60(93-48(2)86)61(42-54)94-49(3)87)59-46-100-74(78-59)80-76(56-33-19-8-20-34-56,57-35-21-9-22-36-57)58-37-23-10-24-38-58/h4-43,46,65,67-68,71,82H,44-45H2,1-3H3,(H,78,80)(H,79,88)/t65-,71-/m1/s1. The van der Waals surface area contributed by atoms with Crippen LogP contribution in [0.4, 0.5) is 9.93 Å². The van der Waals surface area contributed by atoms with Gasteiger partial charge in [0.2, 0.25) is 0 Å². The van der Waals surface area contributed by atoms with E-state index < -0.39 is 76.7 Å². The van der Waals surface area contributed by atoms with Gasteiger partial charge in [-0.15, -0.1) is 40.4 Å². The van der Waals surface area contributed by atoms with E-state index in [1.54, 1.807) is 10.4 Å². The molecule has 4 aliphatic heterocycles. The third kappa shape index (κ3) is 14.5. The van der Waals surface area contributed by atoms with E-state index in [2.05, 4.69) is 21.3 Å². The fourth-order valence-corrected chi connectivity index (χ4v) is 15.0. The lowest BCUT2D eigenvalue weighted by Crippen LogP contribution is -2.71. The second-order valence-corrected chi connectivity index (χ2v) is 26.0. The summed E-state index contributed by atoms with van der Waals surface area (Å²) in [4.78, 5) is 115. The molecule has 1 saturated heterocycles. The Hall–Kier alpha value is -11.7. The molecule has 0 saturated carbocycles.